The summed E-state index contributed by atoms with van der Waals surface area (Å²) in [6, 6.07) is 6.29. The van der Waals surface area contributed by atoms with E-state index in [1.54, 1.807) is 11.3 Å². The minimum absolute atomic E-state index is 0.647. The molecule has 2 N–H and O–H groups in total. The van der Waals surface area contributed by atoms with Crippen molar-refractivity contribution in [2.45, 2.75) is 25.8 Å². The van der Waals surface area contributed by atoms with E-state index in [0.29, 0.717) is 6.42 Å². The number of aromatic amines is 1. The second-order valence-electron chi connectivity index (χ2n) is 4.04. The monoisotopic (exact) mass is 260 g/mol. The molecule has 5 heteroatoms. The van der Waals surface area contributed by atoms with Gasteiger partial charge in [0.05, 0.1) is 22.8 Å². The van der Waals surface area contributed by atoms with E-state index < -0.39 is 0 Å². The van der Waals surface area contributed by atoms with Gasteiger partial charge >= 0.3 is 0 Å². The van der Waals surface area contributed by atoms with Crippen molar-refractivity contribution < 1.29 is 0 Å². The van der Waals surface area contributed by atoms with Crippen molar-refractivity contribution in [1.29, 1.82) is 5.26 Å². The molecule has 0 aliphatic carbocycles. The third kappa shape index (κ3) is 3.42. The van der Waals surface area contributed by atoms with Crippen molar-refractivity contribution in [2.75, 3.05) is 6.54 Å². The molecule has 0 atom stereocenters. The van der Waals surface area contributed by atoms with Gasteiger partial charge in [-0.2, -0.15) is 10.4 Å². The summed E-state index contributed by atoms with van der Waals surface area (Å²) in [7, 11) is 0. The maximum Gasteiger partial charge on any atom is 0.0794 e. The van der Waals surface area contributed by atoms with Gasteiger partial charge in [0.2, 0.25) is 0 Å². The fourth-order valence-electron chi connectivity index (χ4n) is 1.76. The number of nitriles is 1. The number of hydrogen-bond donors (Lipinski definition) is 2. The molecule has 0 aliphatic rings. The van der Waals surface area contributed by atoms with Crippen LogP contribution in [0.2, 0.25) is 0 Å². The van der Waals surface area contributed by atoms with Crippen molar-refractivity contribution in [3.8, 4) is 16.6 Å². The number of rotatable bonds is 7. The van der Waals surface area contributed by atoms with Gasteiger partial charge in [-0.05, 0) is 30.8 Å². The van der Waals surface area contributed by atoms with Crippen LogP contribution in [0, 0.1) is 11.3 Å². The minimum atomic E-state index is 0.647. The highest BCUT2D eigenvalue weighted by Gasteiger charge is 2.07. The fraction of sp³-hybridized carbons (Fsp3) is 0.385. The molecular formula is C13H16N4S. The first-order valence-electron chi connectivity index (χ1n) is 6.05. The number of nitrogens with zero attached hydrogens (tertiary/aromatic N) is 2. The van der Waals surface area contributed by atoms with Gasteiger partial charge in [0.25, 0.3) is 0 Å². The number of unbranched alkanes of at least 4 members (excludes halogenated alkanes) is 2. The largest absolute Gasteiger partial charge is 0.313 e. The van der Waals surface area contributed by atoms with E-state index in [2.05, 4.69) is 33.0 Å². The zero-order valence-corrected chi connectivity index (χ0v) is 11.0. The van der Waals surface area contributed by atoms with Gasteiger partial charge in [0.15, 0.2) is 0 Å². The lowest BCUT2D eigenvalue weighted by molar-refractivity contribution is 0.629. The number of thiophene rings is 1. The lowest BCUT2D eigenvalue weighted by Crippen LogP contribution is -2.14. The quantitative estimate of drug-likeness (QED) is 0.752. The molecule has 2 heterocycles. The molecule has 0 bridgehead atoms. The topological polar surface area (TPSA) is 64.5 Å². The lowest BCUT2D eigenvalue weighted by atomic mass is 10.2. The van der Waals surface area contributed by atoms with Crippen molar-refractivity contribution in [3.63, 3.8) is 0 Å². The summed E-state index contributed by atoms with van der Waals surface area (Å²) in [5.41, 5.74) is 2.30. The van der Waals surface area contributed by atoms with Crippen LogP contribution in [0.1, 0.15) is 24.8 Å². The van der Waals surface area contributed by atoms with Gasteiger partial charge in [0, 0.05) is 18.5 Å². The SMILES string of the molecule is N#CCCCCNCc1cn[nH]c1-c1cccs1. The van der Waals surface area contributed by atoms with Gasteiger partial charge in [-0.1, -0.05) is 6.07 Å². The molecule has 0 spiro atoms. The van der Waals surface area contributed by atoms with E-state index in [9.17, 15) is 0 Å². The van der Waals surface area contributed by atoms with Gasteiger partial charge in [-0.25, -0.2) is 0 Å². The zero-order chi connectivity index (χ0) is 12.6. The van der Waals surface area contributed by atoms with Crippen molar-refractivity contribution >= 4 is 11.3 Å². The second-order valence-corrected chi connectivity index (χ2v) is 4.99. The number of nitrogens with one attached hydrogen (secondary N) is 2. The first-order chi connectivity index (χ1) is 8.92. The smallest absolute Gasteiger partial charge is 0.0794 e. The summed E-state index contributed by atoms with van der Waals surface area (Å²) >= 11 is 1.71. The Kier molecular flexibility index (Phi) is 4.94. The van der Waals surface area contributed by atoms with Crippen molar-refractivity contribution in [3.05, 3.63) is 29.3 Å². The summed E-state index contributed by atoms with van der Waals surface area (Å²) in [6.45, 7) is 1.76. The summed E-state index contributed by atoms with van der Waals surface area (Å²) in [6.07, 6.45) is 4.53. The average Bonchev–Trinajstić information content (AvgIpc) is 3.03. The molecule has 0 aliphatic heterocycles. The predicted molar refractivity (Wildman–Crippen MR) is 73.1 cm³/mol. The van der Waals surface area contributed by atoms with E-state index in [4.69, 9.17) is 5.26 Å². The molecule has 0 saturated carbocycles. The van der Waals surface area contributed by atoms with Crippen molar-refractivity contribution in [1.82, 2.24) is 15.5 Å². The van der Waals surface area contributed by atoms with Crippen molar-refractivity contribution in [2.24, 2.45) is 0 Å². The molecule has 18 heavy (non-hydrogen) atoms. The first kappa shape index (κ1) is 12.8. The van der Waals surface area contributed by atoms with Gasteiger partial charge in [-0.15, -0.1) is 11.3 Å². The average molecular weight is 260 g/mol. The molecule has 0 fully saturated rings. The number of hydrogen-bond acceptors (Lipinski definition) is 4. The molecule has 4 nitrogen and oxygen atoms in total. The Balaban J connectivity index is 1.80. The van der Waals surface area contributed by atoms with E-state index in [0.717, 1.165) is 31.6 Å². The maximum atomic E-state index is 8.43. The summed E-state index contributed by atoms with van der Waals surface area (Å²) in [5.74, 6) is 0. The molecule has 0 saturated heterocycles. The van der Waals surface area contributed by atoms with E-state index in [1.165, 1.54) is 10.4 Å². The molecule has 0 amide bonds. The molecule has 2 rings (SSSR count). The van der Waals surface area contributed by atoms with E-state index in [1.807, 2.05) is 12.3 Å². The first-order valence-corrected chi connectivity index (χ1v) is 6.93. The van der Waals surface area contributed by atoms with E-state index >= 15 is 0 Å². The third-order valence-corrected chi connectivity index (χ3v) is 3.58. The Morgan fingerprint density at radius 3 is 3.17 bits per heavy atom. The van der Waals surface area contributed by atoms with Crippen LogP contribution in [0.15, 0.2) is 23.7 Å². The zero-order valence-electron chi connectivity index (χ0n) is 10.1. The molecule has 94 valence electrons. The summed E-state index contributed by atoms with van der Waals surface area (Å²) in [4.78, 5) is 1.22. The highest BCUT2D eigenvalue weighted by molar-refractivity contribution is 7.13. The molecule has 0 unspecified atom stereocenters. The van der Waals surface area contributed by atoms with Gasteiger partial charge in [-0.3, -0.25) is 5.10 Å². The highest BCUT2D eigenvalue weighted by Crippen LogP contribution is 2.25. The summed E-state index contributed by atoms with van der Waals surface area (Å²) in [5, 5.41) is 21.0. The minimum Gasteiger partial charge on any atom is -0.313 e. The third-order valence-electron chi connectivity index (χ3n) is 2.69. The normalized spacial score (nSPS) is 10.4. The Hall–Kier alpha value is -1.64. The molecule has 2 aromatic rings. The second kappa shape index (κ2) is 6.94. The Morgan fingerprint density at radius 1 is 1.44 bits per heavy atom. The number of H-pyrrole nitrogens is 1. The molecular weight excluding hydrogens is 244 g/mol. The maximum absolute atomic E-state index is 8.43. The molecule has 2 aromatic heterocycles. The van der Waals surface area contributed by atoms with Crippen LogP contribution in [0.3, 0.4) is 0 Å². The number of aromatic nitrogens is 2. The fourth-order valence-corrected chi connectivity index (χ4v) is 2.51. The van der Waals surface area contributed by atoms with Crippen LogP contribution in [-0.4, -0.2) is 16.7 Å². The van der Waals surface area contributed by atoms with Gasteiger partial charge < -0.3 is 5.32 Å². The van der Waals surface area contributed by atoms with Crippen LogP contribution in [-0.2, 0) is 6.54 Å². The lowest BCUT2D eigenvalue weighted by Gasteiger charge is -2.03. The molecule has 0 radical (unpaired) electrons. The van der Waals surface area contributed by atoms with Crippen LogP contribution >= 0.6 is 11.3 Å². The van der Waals surface area contributed by atoms with Crippen LogP contribution < -0.4 is 5.32 Å². The molecule has 0 aromatic carbocycles. The Morgan fingerprint density at radius 2 is 2.39 bits per heavy atom. The van der Waals surface area contributed by atoms with Crippen LogP contribution in [0.4, 0.5) is 0 Å². The predicted octanol–water partition coefficient (Wildman–Crippen LogP) is 2.92. The van der Waals surface area contributed by atoms with E-state index in [-0.39, 0.29) is 0 Å². The van der Waals surface area contributed by atoms with Crippen LogP contribution in [0.25, 0.3) is 10.6 Å². The van der Waals surface area contributed by atoms with Crippen LogP contribution in [0.5, 0.6) is 0 Å². The standard InChI is InChI=1S/C13H16N4S/c14-6-2-1-3-7-15-9-11-10-16-17-13(11)12-5-4-8-18-12/h4-5,8,10,15H,1-3,7,9H2,(H,16,17). The Bertz CT molecular complexity index is 495. The Labute approximate surface area is 111 Å². The highest BCUT2D eigenvalue weighted by atomic mass is 32.1. The summed E-state index contributed by atoms with van der Waals surface area (Å²) < 4.78 is 0. The van der Waals surface area contributed by atoms with Gasteiger partial charge in [0.1, 0.15) is 0 Å².